The molecular weight excluding hydrogens is 300 g/mol. The molecule has 0 bridgehead atoms. The van der Waals surface area contributed by atoms with E-state index in [4.69, 9.17) is 0 Å². The van der Waals surface area contributed by atoms with Crippen molar-refractivity contribution in [2.75, 3.05) is 4.72 Å². The van der Waals surface area contributed by atoms with E-state index in [0.29, 0.717) is 17.0 Å². The highest BCUT2D eigenvalue weighted by Gasteiger charge is 2.17. The topological polar surface area (TPSA) is 87.7 Å². The van der Waals surface area contributed by atoms with Crippen molar-refractivity contribution in [1.82, 2.24) is 15.2 Å². The number of H-pyrrole nitrogens is 1. The molecule has 0 saturated carbocycles. The minimum atomic E-state index is -3.68. The molecule has 2 heterocycles. The van der Waals surface area contributed by atoms with Crippen LogP contribution >= 0.6 is 0 Å². The third-order valence-electron chi connectivity index (χ3n) is 3.42. The molecule has 0 saturated heterocycles. The second kappa shape index (κ2) is 5.42. The van der Waals surface area contributed by atoms with Gasteiger partial charge in [0.15, 0.2) is 11.5 Å². The molecule has 0 aliphatic carbocycles. The first-order chi connectivity index (χ1) is 10.5. The van der Waals surface area contributed by atoms with Crippen LogP contribution in [0.4, 0.5) is 5.82 Å². The standard InChI is InChI=1S/C15H16N4O2S/c1-10(2)11-5-7-12(8-6-11)22(20,21)19-15-13-4-3-9-16-14(13)17-18-15/h3-10H,1-2H3,(H2,16,17,18,19). The highest BCUT2D eigenvalue weighted by Crippen LogP contribution is 2.22. The van der Waals surface area contributed by atoms with Gasteiger partial charge in [0.25, 0.3) is 10.0 Å². The maximum absolute atomic E-state index is 12.4. The molecule has 0 aliphatic rings. The number of hydrogen-bond acceptors (Lipinski definition) is 4. The Kier molecular flexibility index (Phi) is 3.58. The first-order valence-electron chi connectivity index (χ1n) is 6.89. The van der Waals surface area contributed by atoms with E-state index in [1.807, 2.05) is 12.1 Å². The first kappa shape index (κ1) is 14.5. The van der Waals surface area contributed by atoms with Gasteiger partial charge in [-0.1, -0.05) is 26.0 Å². The van der Waals surface area contributed by atoms with Crippen molar-refractivity contribution in [3.63, 3.8) is 0 Å². The van der Waals surface area contributed by atoms with E-state index in [1.165, 1.54) is 0 Å². The van der Waals surface area contributed by atoms with Gasteiger partial charge in [0.1, 0.15) is 0 Å². The molecule has 3 aromatic rings. The molecule has 0 spiro atoms. The van der Waals surface area contributed by atoms with Gasteiger partial charge in [-0.2, -0.15) is 5.10 Å². The summed E-state index contributed by atoms with van der Waals surface area (Å²) in [6, 6.07) is 10.3. The Balaban J connectivity index is 1.93. The fourth-order valence-electron chi connectivity index (χ4n) is 2.15. The van der Waals surface area contributed by atoms with Crippen LogP contribution in [0, 0.1) is 0 Å². The Morgan fingerprint density at radius 1 is 1.14 bits per heavy atom. The molecule has 0 aliphatic heterocycles. The van der Waals surface area contributed by atoms with E-state index in [-0.39, 0.29) is 10.7 Å². The molecule has 3 rings (SSSR count). The normalized spacial score (nSPS) is 12.0. The van der Waals surface area contributed by atoms with Crippen LogP contribution in [0.5, 0.6) is 0 Å². The van der Waals surface area contributed by atoms with E-state index in [0.717, 1.165) is 5.56 Å². The van der Waals surface area contributed by atoms with Gasteiger partial charge < -0.3 is 0 Å². The monoisotopic (exact) mass is 316 g/mol. The summed E-state index contributed by atoms with van der Waals surface area (Å²) < 4.78 is 27.4. The number of pyridine rings is 1. The molecule has 2 aromatic heterocycles. The third-order valence-corrected chi connectivity index (χ3v) is 4.78. The largest absolute Gasteiger partial charge is 0.263 e. The summed E-state index contributed by atoms with van der Waals surface area (Å²) in [6.07, 6.45) is 1.61. The second-order valence-electron chi connectivity index (χ2n) is 5.30. The van der Waals surface area contributed by atoms with Gasteiger partial charge in [-0.3, -0.25) is 9.82 Å². The number of nitrogens with one attached hydrogen (secondary N) is 2. The van der Waals surface area contributed by atoms with Crippen LogP contribution in [0.2, 0.25) is 0 Å². The number of nitrogens with zero attached hydrogens (tertiary/aromatic N) is 2. The molecule has 22 heavy (non-hydrogen) atoms. The van der Waals surface area contributed by atoms with Crippen LogP contribution < -0.4 is 4.72 Å². The lowest BCUT2D eigenvalue weighted by Crippen LogP contribution is -2.13. The lowest BCUT2D eigenvalue weighted by molar-refractivity contribution is 0.601. The summed E-state index contributed by atoms with van der Waals surface area (Å²) >= 11 is 0. The van der Waals surface area contributed by atoms with Crippen LogP contribution in [0.1, 0.15) is 25.3 Å². The lowest BCUT2D eigenvalue weighted by atomic mass is 10.0. The fraction of sp³-hybridized carbons (Fsp3) is 0.200. The Bertz CT molecular complexity index is 899. The Labute approximate surface area is 128 Å². The number of hydrogen-bond donors (Lipinski definition) is 2. The van der Waals surface area contributed by atoms with Gasteiger partial charge in [-0.05, 0) is 35.7 Å². The molecule has 0 atom stereocenters. The summed E-state index contributed by atoms with van der Waals surface area (Å²) in [7, 11) is -3.68. The summed E-state index contributed by atoms with van der Waals surface area (Å²) in [5.74, 6) is 0.599. The quantitative estimate of drug-likeness (QED) is 0.774. The molecule has 0 amide bonds. The highest BCUT2D eigenvalue weighted by molar-refractivity contribution is 7.92. The zero-order valence-electron chi connectivity index (χ0n) is 12.2. The second-order valence-corrected chi connectivity index (χ2v) is 6.98. The minimum Gasteiger partial charge on any atom is -0.261 e. The molecule has 6 nitrogen and oxygen atoms in total. The lowest BCUT2D eigenvalue weighted by Gasteiger charge is -2.08. The van der Waals surface area contributed by atoms with Crippen molar-refractivity contribution in [3.05, 3.63) is 48.2 Å². The van der Waals surface area contributed by atoms with Gasteiger partial charge in [0, 0.05) is 6.20 Å². The Hall–Kier alpha value is -2.41. The molecule has 114 valence electrons. The highest BCUT2D eigenvalue weighted by atomic mass is 32.2. The van der Waals surface area contributed by atoms with Crippen LogP contribution in [0.3, 0.4) is 0 Å². The predicted octanol–water partition coefficient (Wildman–Crippen LogP) is 2.88. The van der Waals surface area contributed by atoms with Gasteiger partial charge in [0.2, 0.25) is 0 Å². The van der Waals surface area contributed by atoms with Crippen LogP contribution in [0.25, 0.3) is 11.0 Å². The van der Waals surface area contributed by atoms with E-state index in [2.05, 4.69) is 33.8 Å². The molecule has 0 fully saturated rings. The summed E-state index contributed by atoms with van der Waals surface area (Å²) in [5.41, 5.74) is 1.63. The van der Waals surface area contributed by atoms with Crippen molar-refractivity contribution in [3.8, 4) is 0 Å². The fourth-order valence-corrected chi connectivity index (χ4v) is 3.17. The average Bonchev–Trinajstić information content (AvgIpc) is 2.90. The van der Waals surface area contributed by atoms with Gasteiger partial charge in [-0.25, -0.2) is 13.4 Å². The third kappa shape index (κ3) is 2.67. The molecule has 1 aromatic carbocycles. The summed E-state index contributed by atoms with van der Waals surface area (Å²) in [4.78, 5) is 4.29. The summed E-state index contributed by atoms with van der Waals surface area (Å²) in [5, 5.41) is 7.30. The molecule has 7 heteroatoms. The predicted molar refractivity (Wildman–Crippen MR) is 85.2 cm³/mol. The maximum atomic E-state index is 12.4. The number of aromatic amines is 1. The SMILES string of the molecule is CC(C)c1ccc(S(=O)(=O)Nc2n[nH]c3ncccc23)cc1. The van der Waals surface area contributed by atoms with Crippen molar-refractivity contribution in [2.24, 2.45) is 0 Å². The number of rotatable bonds is 4. The zero-order valence-corrected chi connectivity index (χ0v) is 13.1. The summed E-state index contributed by atoms with van der Waals surface area (Å²) in [6.45, 7) is 4.12. The number of aromatic nitrogens is 3. The van der Waals surface area contributed by atoms with E-state index < -0.39 is 10.0 Å². The smallest absolute Gasteiger partial charge is 0.261 e. The van der Waals surface area contributed by atoms with Crippen molar-refractivity contribution >= 4 is 26.9 Å². The number of fused-ring (bicyclic) bond motifs is 1. The number of sulfonamides is 1. The van der Waals surface area contributed by atoms with Crippen molar-refractivity contribution in [1.29, 1.82) is 0 Å². The van der Waals surface area contributed by atoms with Crippen LogP contribution in [-0.4, -0.2) is 23.6 Å². The molecule has 2 N–H and O–H groups in total. The van der Waals surface area contributed by atoms with E-state index in [9.17, 15) is 8.42 Å². The zero-order chi connectivity index (χ0) is 15.7. The van der Waals surface area contributed by atoms with Gasteiger partial charge in [-0.15, -0.1) is 0 Å². The average molecular weight is 316 g/mol. The van der Waals surface area contributed by atoms with Crippen molar-refractivity contribution < 1.29 is 8.42 Å². The minimum absolute atomic E-state index is 0.206. The molecular formula is C15H16N4O2S. The van der Waals surface area contributed by atoms with Gasteiger partial charge >= 0.3 is 0 Å². The molecule has 0 radical (unpaired) electrons. The number of anilines is 1. The maximum Gasteiger partial charge on any atom is 0.263 e. The van der Waals surface area contributed by atoms with Crippen molar-refractivity contribution in [2.45, 2.75) is 24.7 Å². The Morgan fingerprint density at radius 3 is 2.55 bits per heavy atom. The van der Waals surface area contributed by atoms with Gasteiger partial charge in [0.05, 0.1) is 10.3 Å². The Morgan fingerprint density at radius 2 is 1.86 bits per heavy atom. The van der Waals surface area contributed by atoms with E-state index >= 15 is 0 Å². The number of benzene rings is 1. The van der Waals surface area contributed by atoms with E-state index in [1.54, 1.807) is 30.5 Å². The van der Waals surface area contributed by atoms with Crippen LogP contribution in [-0.2, 0) is 10.0 Å². The van der Waals surface area contributed by atoms with Crippen LogP contribution in [0.15, 0.2) is 47.5 Å². The first-order valence-corrected chi connectivity index (χ1v) is 8.37. The molecule has 0 unspecified atom stereocenters.